The molecule has 0 fully saturated rings. The van der Waals surface area contributed by atoms with Crippen LogP contribution >= 0.6 is 23.2 Å². The van der Waals surface area contributed by atoms with Gasteiger partial charge in [0.15, 0.2) is 0 Å². The number of rotatable bonds is 2. The van der Waals surface area contributed by atoms with Crippen molar-refractivity contribution < 1.29 is 0 Å². The predicted octanol–water partition coefficient (Wildman–Crippen LogP) is 3.78. The minimum absolute atomic E-state index is 0.507. The van der Waals surface area contributed by atoms with Crippen LogP contribution in [-0.2, 0) is 0 Å². The fourth-order valence-corrected chi connectivity index (χ4v) is 1.71. The molecule has 0 aliphatic carbocycles. The Morgan fingerprint density at radius 1 is 1.33 bits per heavy atom. The summed E-state index contributed by atoms with van der Waals surface area (Å²) >= 11 is 12.0. The third-order valence-corrected chi connectivity index (χ3v) is 2.90. The molecule has 1 heterocycles. The maximum Gasteiger partial charge on any atom is 0.0927 e. The zero-order valence-corrected chi connectivity index (χ0v) is 9.31. The molecule has 76 valence electrons. The number of nitrogens with one attached hydrogen (secondary N) is 1. The molecule has 1 aromatic heterocycles. The normalized spacial score (nSPS) is 10.3. The fourth-order valence-electron chi connectivity index (χ4n) is 1.30. The SMILES string of the molecule is C=C(c1c[nH]cn1)c1cccc(Cl)c1Cl. The van der Waals surface area contributed by atoms with Crippen LogP contribution in [0.3, 0.4) is 0 Å². The molecule has 2 rings (SSSR count). The number of benzene rings is 1. The fraction of sp³-hybridized carbons (Fsp3) is 0. The molecule has 0 aliphatic rings. The van der Waals surface area contributed by atoms with E-state index in [4.69, 9.17) is 23.2 Å². The van der Waals surface area contributed by atoms with Gasteiger partial charge in [0, 0.05) is 17.3 Å². The van der Waals surface area contributed by atoms with Gasteiger partial charge in [-0.2, -0.15) is 0 Å². The molecular formula is C11H8Cl2N2. The van der Waals surface area contributed by atoms with Crippen LogP contribution in [0, 0.1) is 0 Å². The standard InChI is InChI=1S/C11H8Cl2N2/c1-7(10-5-14-6-15-10)8-3-2-4-9(12)11(8)13/h2-6H,1H2,(H,14,15). The molecule has 2 nitrogen and oxygen atoms in total. The lowest BCUT2D eigenvalue weighted by atomic mass is 10.1. The number of hydrogen-bond acceptors (Lipinski definition) is 1. The molecule has 1 aromatic carbocycles. The van der Waals surface area contributed by atoms with Crippen LogP contribution in [0.1, 0.15) is 11.3 Å². The lowest BCUT2D eigenvalue weighted by Crippen LogP contribution is -1.88. The molecule has 2 aromatic rings. The maximum atomic E-state index is 6.07. The molecule has 0 saturated carbocycles. The molecule has 0 spiro atoms. The molecule has 4 heteroatoms. The van der Waals surface area contributed by atoms with E-state index in [1.807, 2.05) is 12.1 Å². The summed E-state index contributed by atoms with van der Waals surface area (Å²) in [4.78, 5) is 6.97. The molecule has 0 atom stereocenters. The Hall–Kier alpha value is -1.25. The van der Waals surface area contributed by atoms with Crippen LogP contribution in [0.5, 0.6) is 0 Å². The van der Waals surface area contributed by atoms with Crippen LogP contribution in [0.15, 0.2) is 37.3 Å². The predicted molar refractivity (Wildman–Crippen MR) is 63.2 cm³/mol. The van der Waals surface area contributed by atoms with Gasteiger partial charge in [0.2, 0.25) is 0 Å². The van der Waals surface area contributed by atoms with E-state index < -0.39 is 0 Å². The number of nitrogens with zero attached hydrogens (tertiary/aromatic N) is 1. The number of imidazole rings is 1. The first-order valence-corrected chi connectivity index (χ1v) is 5.08. The summed E-state index contributed by atoms with van der Waals surface area (Å²) in [6.45, 7) is 3.94. The van der Waals surface area contributed by atoms with E-state index in [-0.39, 0.29) is 0 Å². The van der Waals surface area contributed by atoms with Crippen molar-refractivity contribution in [3.05, 3.63) is 58.6 Å². The van der Waals surface area contributed by atoms with Gasteiger partial charge in [0.1, 0.15) is 0 Å². The smallest absolute Gasteiger partial charge is 0.0927 e. The number of hydrogen-bond donors (Lipinski definition) is 1. The first kappa shape index (κ1) is 10.3. The van der Waals surface area contributed by atoms with Gasteiger partial charge in [-0.05, 0) is 6.07 Å². The summed E-state index contributed by atoms with van der Waals surface area (Å²) in [7, 11) is 0. The van der Waals surface area contributed by atoms with Crippen molar-refractivity contribution in [1.29, 1.82) is 0 Å². The van der Waals surface area contributed by atoms with Crippen LogP contribution in [-0.4, -0.2) is 9.97 Å². The third-order valence-electron chi connectivity index (χ3n) is 2.08. The van der Waals surface area contributed by atoms with Crippen molar-refractivity contribution in [3.63, 3.8) is 0 Å². The van der Waals surface area contributed by atoms with Crippen molar-refractivity contribution in [2.75, 3.05) is 0 Å². The van der Waals surface area contributed by atoms with E-state index in [2.05, 4.69) is 16.5 Å². The number of aromatic nitrogens is 2. The lowest BCUT2D eigenvalue weighted by Gasteiger charge is -2.06. The second-order valence-corrected chi connectivity index (χ2v) is 3.82. The molecule has 0 radical (unpaired) electrons. The minimum atomic E-state index is 0.507. The van der Waals surface area contributed by atoms with Gasteiger partial charge >= 0.3 is 0 Å². The number of halogens is 2. The second kappa shape index (κ2) is 4.09. The molecule has 0 bridgehead atoms. The minimum Gasteiger partial charge on any atom is -0.351 e. The monoisotopic (exact) mass is 238 g/mol. The second-order valence-electron chi connectivity index (χ2n) is 3.03. The van der Waals surface area contributed by atoms with E-state index in [0.717, 1.165) is 16.8 Å². The number of H-pyrrole nitrogens is 1. The Balaban J connectivity index is 2.47. The summed E-state index contributed by atoms with van der Waals surface area (Å²) in [5.41, 5.74) is 2.32. The topological polar surface area (TPSA) is 28.7 Å². The molecule has 0 amide bonds. The van der Waals surface area contributed by atoms with Gasteiger partial charge in [-0.15, -0.1) is 0 Å². The van der Waals surface area contributed by atoms with Gasteiger partial charge in [-0.3, -0.25) is 0 Å². The zero-order valence-electron chi connectivity index (χ0n) is 7.80. The quantitative estimate of drug-likeness (QED) is 0.848. The first-order valence-electron chi connectivity index (χ1n) is 4.32. The van der Waals surface area contributed by atoms with Gasteiger partial charge in [-0.25, -0.2) is 4.98 Å². The maximum absolute atomic E-state index is 6.07. The summed E-state index contributed by atoms with van der Waals surface area (Å²) < 4.78 is 0. The highest BCUT2D eigenvalue weighted by molar-refractivity contribution is 6.43. The van der Waals surface area contributed by atoms with Gasteiger partial charge in [0.25, 0.3) is 0 Å². The highest BCUT2D eigenvalue weighted by atomic mass is 35.5. The van der Waals surface area contributed by atoms with Gasteiger partial charge in [-0.1, -0.05) is 41.9 Å². The number of aromatic amines is 1. The van der Waals surface area contributed by atoms with Crippen molar-refractivity contribution in [2.24, 2.45) is 0 Å². The third kappa shape index (κ3) is 1.91. The van der Waals surface area contributed by atoms with Crippen LogP contribution in [0.4, 0.5) is 0 Å². The summed E-state index contributed by atoms with van der Waals surface area (Å²) in [5, 5.41) is 1.03. The summed E-state index contributed by atoms with van der Waals surface area (Å²) in [6.07, 6.45) is 3.36. The first-order chi connectivity index (χ1) is 7.20. The van der Waals surface area contributed by atoms with E-state index in [9.17, 15) is 0 Å². The van der Waals surface area contributed by atoms with Crippen molar-refractivity contribution >= 4 is 28.8 Å². The van der Waals surface area contributed by atoms with E-state index in [1.165, 1.54) is 0 Å². The van der Waals surface area contributed by atoms with E-state index in [0.29, 0.717) is 10.0 Å². The Labute approximate surface area is 97.6 Å². The van der Waals surface area contributed by atoms with E-state index >= 15 is 0 Å². The molecule has 1 N–H and O–H groups in total. The lowest BCUT2D eigenvalue weighted by molar-refractivity contribution is 1.30. The van der Waals surface area contributed by atoms with Crippen molar-refractivity contribution in [2.45, 2.75) is 0 Å². The largest absolute Gasteiger partial charge is 0.351 e. The Morgan fingerprint density at radius 3 is 2.80 bits per heavy atom. The molecular weight excluding hydrogens is 231 g/mol. The molecule has 0 saturated heterocycles. The summed E-state index contributed by atoms with van der Waals surface area (Å²) in [6, 6.07) is 5.44. The van der Waals surface area contributed by atoms with Gasteiger partial charge < -0.3 is 4.98 Å². The summed E-state index contributed by atoms with van der Waals surface area (Å²) in [5.74, 6) is 0. The highest BCUT2D eigenvalue weighted by Crippen LogP contribution is 2.31. The Bertz CT molecular complexity index is 489. The Kier molecular flexibility index (Phi) is 2.80. The van der Waals surface area contributed by atoms with Crippen LogP contribution in [0.25, 0.3) is 5.57 Å². The van der Waals surface area contributed by atoms with Gasteiger partial charge in [0.05, 0.1) is 22.1 Å². The van der Waals surface area contributed by atoms with Crippen molar-refractivity contribution in [3.8, 4) is 0 Å². The molecule has 0 unspecified atom stereocenters. The molecule has 0 aliphatic heterocycles. The Morgan fingerprint density at radius 2 is 2.13 bits per heavy atom. The average molecular weight is 239 g/mol. The molecule has 15 heavy (non-hydrogen) atoms. The zero-order chi connectivity index (χ0) is 10.8. The average Bonchev–Trinajstić information content (AvgIpc) is 2.74. The van der Waals surface area contributed by atoms with Crippen LogP contribution < -0.4 is 0 Å². The van der Waals surface area contributed by atoms with Crippen LogP contribution in [0.2, 0.25) is 10.0 Å². The van der Waals surface area contributed by atoms with E-state index in [1.54, 1.807) is 18.6 Å². The van der Waals surface area contributed by atoms with Crippen molar-refractivity contribution in [1.82, 2.24) is 9.97 Å². The highest BCUT2D eigenvalue weighted by Gasteiger charge is 2.10.